The van der Waals surface area contributed by atoms with Crippen LogP contribution in [0, 0.1) is 0 Å². The number of thiophene rings is 1. The van der Waals surface area contributed by atoms with Gasteiger partial charge in [-0.3, -0.25) is 14.4 Å². The highest BCUT2D eigenvalue weighted by molar-refractivity contribution is 7.18. The van der Waals surface area contributed by atoms with Crippen molar-refractivity contribution in [2.45, 2.75) is 32.5 Å². The summed E-state index contributed by atoms with van der Waals surface area (Å²) in [5.41, 5.74) is 0.515. The van der Waals surface area contributed by atoms with E-state index >= 15 is 4.48 Å². The molecule has 3 heterocycles. The van der Waals surface area contributed by atoms with E-state index in [1.54, 1.807) is 32.3 Å². The van der Waals surface area contributed by atoms with Crippen molar-refractivity contribution in [2.75, 3.05) is 16.9 Å². The molecule has 0 bridgehead atoms. The van der Waals surface area contributed by atoms with Gasteiger partial charge in [-0.1, -0.05) is 42.5 Å². The van der Waals surface area contributed by atoms with Gasteiger partial charge in [-0.2, -0.15) is 5.01 Å². The first-order chi connectivity index (χ1) is 21.0. The molecule has 2 aromatic carbocycles. The van der Waals surface area contributed by atoms with Crippen molar-refractivity contribution in [3.8, 4) is 0 Å². The van der Waals surface area contributed by atoms with Crippen molar-refractivity contribution in [3.05, 3.63) is 100 Å². The summed E-state index contributed by atoms with van der Waals surface area (Å²) in [6, 6.07) is 17.0. The number of fused-ring (bicyclic) bond motifs is 1. The van der Waals surface area contributed by atoms with Crippen LogP contribution in [0.4, 0.5) is 20.0 Å². The summed E-state index contributed by atoms with van der Waals surface area (Å²) in [5.74, 6) is -1.61. The minimum absolute atomic E-state index is 0.0252. The molecule has 0 saturated carbocycles. The molecular formula is C30H30FN7O5S. The minimum atomic E-state index is -1.49. The Morgan fingerprint density at radius 1 is 1.02 bits per heavy atom. The number of hydrazine groups is 1. The molecule has 12 nitrogen and oxygen atoms in total. The smallest absolute Gasteiger partial charge is 0.432 e. The lowest BCUT2D eigenvalue weighted by atomic mass is 9.94. The van der Waals surface area contributed by atoms with Gasteiger partial charge in [-0.25, -0.2) is 9.78 Å². The fourth-order valence-corrected chi connectivity index (χ4v) is 5.75. The number of anilines is 2. The van der Waals surface area contributed by atoms with Crippen LogP contribution in [-0.2, 0) is 17.3 Å². The molecule has 228 valence electrons. The van der Waals surface area contributed by atoms with Gasteiger partial charge in [0.1, 0.15) is 5.00 Å². The van der Waals surface area contributed by atoms with Crippen molar-refractivity contribution >= 4 is 45.8 Å². The SMILES string of the molecule is CCOC(=O)N1c2sc(C(=O)NC(C)(C)c3ccccc3)cc2C(NC(=O)c2ccccc2NC(=O)c2nccn2C)N1F. The number of ether oxygens (including phenoxy) is 1. The molecule has 5 rings (SSSR count). The van der Waals surface area contributed by atoms with E-state index in [4.69, 9.17) is 4.74 Å². The average molecular weight is 620 g/mol. The van der Waals surface area contributed by atoms with Gasteiger partial charge in [0.15, 0.2) is 12.0 Å². The molecule has 0 saturated heterocycles. The van der Waals surface area contributed by atoms with Crippen molar-refractivity contribution < 1.29 is 28.4 Å². The van der Waals surface area contributed by atoms with Gasteiger partial charge in [-0.05, 0) is 49.8 Å². The number of rotatable bonds is 8. The summed E-state index contributed by atoms with van der Waals surface area (Å²) in [6.45, 7) is 5.25. The Balaban J connectivity index is 1.42. The Labute approximate surface area is 256 Å². The Kier molecular flexibility index (Phi) is 8.47. The van der Waals surface area contributed by atoms with Crippen molar-refractivity contribution in [1.82, 2.24) is 25.4 Å². The highest BCUT2D eigenvalue weighted by Gasteiger charge is 2.45. The number of para-hydroxylation sites is 1. The van der Waals surface area contributed by atoms with E-state index in [-0.39, 0.29) is 44.4 Å². The van der Waals surface area contributed by atoms with Gasteiger partial charge in [0.25, 0.3) is 17.7 Å². The average Bonchev–Trinajstić information content (AvgIpc) is 3.69. The number of aromatic nitrogens is 2. The van der Waals surface area contributed by atoms with Crippen molar-refractivity contribution in [3.63, 3.8) is 0 Å². The molecular weight excluding hydrogens is 589 g/mol. The maximum atomic E-state index is 15.8. The Bertz CT molecular complexity index is 1720. The molecule has 4 aromatic rings. The second-order valence-electron chi connectivity index (χ2n) is 10.4. The number of halogens is 1. The molecule has 44 heavy (non-hydrogen) atoms. The van der Waals surface area contributed by atoms with E-state index in [0.29, 0.717) is 5.01 Å². The van der Waals surface area contributed by atoms with Gasteiger partial charge in [0.2, 0.25) is 0 Å². The van der Waals surface area contributed by atoms with Gasteiger partial charge in [0, 0.05) is 25.0 Å². The lowest BCUT2D eigenvalue weighted by Gasteiger charge is -2.27. The lowest BCUT2D eigenvalue weighted by Crippen LogP contribution is -2.44. The second kappa shape index (κ2) is 12.3. The molecule has 0 aliphatic carbocycles. The number of amides is 4. The molecule has 0 spiro atoms. The molecule has 1 aliphatic heterocycles. The number of benzene rings is 2. The van der Waals surface area contributed by atoms with E-state index in [0.717, 1.165) is 16.9 Å². The Morgan fingerprint density at radius 3 is 2.41 bits per heavy atom. The van der Waals surface area contributed by atoms with Crippen LogP contribution in [-0.4, -0.2) is 45.2 Å². The summed E-state index contributed by atoms with van der Waals surface area (Å²) >= 11 is 0.884. The number of nitrogens with zero attached hydrogens (tertiary/aromatic N) is 4. The maximum Gasteiger partial charge on any atom is 0.432 e. The third kappa shape index (κ3) is 5.89. The molecule has 14 heteroatoms. The molecule has 2 aromatic heterocycles. The first-order valence-electron chi connectivity index (χ1n) is 13.6. The number of nitrogens with one attached hydrogen (secondary N) is 3. The fourth-order valence-electron chi connectivity index (χ4n) is 4.69. The standard InChI is InChI=1S/C30H30FN7O5S/c1-5-43-29(42)37-28-20(17-22(44-28)26(40)35-30(2,3)18-11-7-6-8-12-18)23(38(37)31)34-25(39)19-13-9-10-14-21(19)33-27(41)24-32-15-16-36(24)4/h6-17,23H,5H2,1-4H3,(H,33,41)(H,34,39)(H,35,40). The van der Waals surface area contributed by atoms with Gasteiger partial charge < -0.3 is 25.3 Å². The predicted molar refractivity (Wildman–Crippen MR) is 162 cm³/mol. The van der Waals surface area contributed by atoms with E-state index in [2.05, 4.69) is 20.9 Å². The van der Waals surface area contributed by atoms with E-state index in [1.807, 2.05) is 44.2 Å². The lowest BCUT2D eigenvalue weighted by molar-refractivity contribution is -0.0324. The fraction of sp³-hybridized carbons (Fsp3) is 0.233. The van der Waals surface area contributed by atoms with E-state index < -0.39 is 35.5 Å². The van der Waals surface area contributed by atoms with Crippen LogP contribution in [0.2, 0.25) is 0 Å². The molecule has 3 N–H and O–H groups in total. The van der Waals surface area contributed by atoms with Crippen LogP contribution in [0.3, 0.4) is 0 Å². The number of imidazole rings is 1. The number of hydrogen-bond donors (Lipinski definition) is 3. The van der Waals surface area contributed by atoms with Crippen LogP contribution >= 0.6 is 11.3 Å². The summed E-state index contributed by atoms with van der Waals surface area (Å²) in [6.07, 6.45) is 0.567. The van der Waals surface area contributed by atoms with Crippen LogP contribution in [0.15, 0.2) is 73.1 Å². The highest BCUT2D eigenvalue weighted by Crippen LogP contribution is 2.45. The zero-order valence-corrected chi connectivity index (χ0v) is 25.1. The van der Waals surface area contributed by atoms with Crippen LogP contribution in [0.25, 0.3) is 0 Å². The molecule has 0 fully saturated rings. The molecule has 1 atom stereocenters. The third-order valence-electron chi connectivity index (χ3n) is 6.93. The summed E-state index contributed by atoms with van der Waals surface area (Å²) in [5, 5.41) is 8.98. The monoisotopic (exact) mass is 619 g/mol. The number of aryl methyl sites for hydroxylation is 1. The van der Waals surface area contributed by atoms with Crippen molar-refractivity contribution in [1.29, 1.82) is 0 Å². The number of carbonyl (C=O) groups excluding carboxylic acids is 4. The minimum Gasteiger partial charge on any atom is -0.448 e. The largest absolute Gasteiger partial charge is 0.448 e. The molecule has 0 radical (unpaired) electrons. The third-order valence-corrected chi connectivity index (χ3v) is 8.05. The first-order valence-corrected chi connectivity index (χ1v) is 14.5. The Hall–Kier alpha value is -5.08. The maximum absolute atomic E-state index is 15.8. The summed E-state index contributed by atoms with van der Waals surface area (Å²) < 4.78 is 22.3. The zero-order chi connectivity index (χ0) is 31.6. The number of hydrogen-bond acceptors (Lipinski definition) is 8. The highest BCUT2D eigenvalue weighted by atomic mass is 32.1. The predicted octanol–water partition coefficient (Wildman–Crippen LogP) is 4.91. The normalized spacial score (nSPS) is 14.6. The van der Waals surface area contributed by atoms with Crippen LogP contribution in [0.1, 0.15) is 68.7 Å². The molecule has 4 amide bonds. The van der Waals surface area contributed by atoms with Gasteiger partial charge >= 0.3 is 6.09 Å². The quantitative estimate of drug-likeness (QED) is 0.239. The number of carbonyl (C=O) groups is 4. The van der Waals surface area contributed by atoms with Gasteiger partial charge in [0.05, 0.1) is 28.3 Å². The second-order valence-corrected chi connectivity index (χ2v) is 11.4. The Morgan fingerprint density at radius 2 is 1.73 bits per heavy atom. The molecule has 1 aliphatic rings. The molecule has 1 unspecified atom stereocenters. The van der Waals surface area contributed by atoms with Crippen molar-refractivity contribution in [2.24, 2.45) is 7.05 Å². The van der Waals surface area contributed by atoms with Gasteiger partial charge in [-0.15, -0.1) is 15.8 Å². The van der Waals surface area contributed by atoms with Crippen LogP contribution in [0.5, 0.6) is 0 Å². The summed E-state index contributed by atoms with van der Waals surface area (Å²) in [4.78, 5) is 56.7. The summed E-state index contributed by atoms with van der Waals surface area (Å²) in [7, 11) is 1.65. The zero-order valence-electron chi connectivity index (χ0n) is 24.3. The topological polar surface area (TPSA) is 138 Å². The van der Waals surface area contributed by atoms with Crippen LogP contribution < -0.4 is 21.0 Å². The first kappa shape index (κ1) is 30.4. The van der Waals surface area contributed by atoms with E-state index in [9.17, 15) is 19.2 Å². The van der Waals surface area contributed by atoms with E-state index in [1.165, 1.54) is 29.0 Å².